The van der Waals surface area contributed by atoms with E-state index in [9.17, 15) is 9.59 Å². The van der Waals surface area contributed by atoms with Crippen molar-refractivity contribution in [2.45, 2.75) is 13.8 Å². The van der Waals surface area contributed by atoms with E-state index in [1.54, 1.807) is 20.0 Å². The fourth-order valence-electron chi connectivity index (χ4n) is 2.73. The van der Waals surface area contributed by atoms with Crippen LogP contribution in [0.5, 0.6) is 0 Å². The second kappa shape index (κ2) is 5.17. The van der Waals surface area contributed by atoms with Gasteiger partial charge in [-0.25, -0.2) is 4.98 Å². The molecule has 7 heteroatoms. The molecule has 0 unspecified atom stereocenters. The van der Waals surface area contributed by atoms with Gasteiger partial charge in [-0.1, -0.05) is 19.9 Å². The highest BCUT2D eigenvalue weighted by molar-refractivity contribution is 7.14. The highest BCUT2D eigenvalue weighted by atomic mass is 32.1. The summed E-state index contributed by atoms with van der Waals surface area (Å²) in [6, 6.07) is 5.52. The summed E-state index contributed by atoms with van der Waals surface area (Å²) in [5.74, 6) is -2.38. The minimum Gasteiger partial charge on any atom is -0.481 e. The second-order valence-corrected chi connectivity index (χ2v) is 6.72. The van der Waals surface area contributed by atoms with Crippen LogP contribution in [0.2, 0.25) is 0 Å². The number of nitrogens with zero attached hydrogens (tertiary/aromatic N) is 2. The van der Waals surface area contributed by atoms with Crippen molar-refractivity contribution < 1.29 is 14.7 Å². The summed E-state index contributed by atoms with van der Waals surface area (Å²) < 4.78 is 0. The molecular weight excluding hydrogens is 302 g/mol. The Hall–Kier alpha value is -2.28. The van der Waals surface area contributed by atoms with E-state index < -0.39 is 23.2 Å². The lowest BCUT2D eigenvalue weighted by Gasteiger charge is -2.02. The van der Waals surface area contributed by atoms with Crippen molar-refractivity contribution in [2.24, 2.45) is 17.3 Å². The smallest absolute Gasteiger partial charge is 0.307 e. The molecule has 1 amide bonds. The van der Waals surface area contributed by atoms with Gasteiger partial charge in [0.25, 0.3) is 0 Å². The third-order valence-electron chi connectivity index (χ3n) is 4.04. The van der Waals surface area contributed by atoms with E-state index in [-0.39, 0.29) is 5.91 Å². The molecule has 2 atom stereocenters. The molecule has 2 heterocycles. The maximum absolute atomic E-state index is 12.2. The molecule has 0 bridgehead atoms. The van der Waals surface area contributed by atoms with Gasteiger partial charge in [-0.05, 0) is 17.5 Å². The van der Waals surface area contributed by atoms with Crippen molar-refractivity contribution in [2.75, 3.05) is 5.32 Å². The fraction of sp³-hybridized carbons (Fsp3) is 0.333. The van der Waals surface area contributed by atoms with Crippen LogP contribution in [0, 0.1) is 17.3 Å². The maximum atomic E-state index is 12.2. The highest BCUT2D eigenvalue weighted by Crippen LogP contribution is 2.58. The van der Waals surface area contributed by atoms with Crippen molar-refractivity contribution in [3.05, 3.63) is 29.8 Å². The Morgan fingerprint density at radius 3 is 2.64 bits per heavy atom. The van der Waals surface area contributed by atoms with Gasteiger partial charge in [-0.3, -0.25) is 14.6 Å². The van der Waals surface area contributed by atoms with E-state index in [1.165, 1.54) is 11.3 Å². The van der Waals surface area contributed by atoms with E-state index in [2.05, 4.69) is 15.3 Å². The number of carbonyl (C=O) groups excluding carboxylic acids is 1. The average molecular weight is 317 g/mol. The number of rotatable bonds is 4. The maximum Gasteiger partial charge on any atom is 0.307 e. The van der Waals surface area contributed by atoms with E-state index >= 15 is 0 Å². The molecule has 1 aliphatic rings. The van der Waals surface area contributed by atoms with Crippen LogP contribution in [-0.2, 0) is 9.59 Å². The van der Waals surface area contributed by atoms with E-state index in [0.29, 0.717) is 10.8 Å². The van der Waals surface area contributed by atoms with E-state index in [1.807, 2.05) is 23.6 Å². The molecule has 2 N–H and O–H groups in total. The molecule has 2 aromatic rings. The Kier molecular flexibility index (Phi) is 3.44. The lowest BCUT2D eigenvalue weighted by atomic mass is 10.1. The summed E-state index contributed by atoms with van der Waals surface area (Å²) >= 11 is 1.30. The van der Waals surface area contributed by atoms with Crippen molar-refractivity contribution in [1.29, 1.82) is 0 Å². The number of anilines is 1. The molecule has 22 heavy (non-hydrogen) atoms. The van der Waals surface area contributed by atoms with Gasteiger partial charge in [0.05, 0.1) is 17.5 Å². The number of thiazole rings is 1. The number of amides is 1. The third kappa shape index (κ3) is 2.48. The molecular formula is C15H15N3O3S. The van der Waals surface area contributed by atoms with Crippen molar-refractivity contribution in [3.8, 4) is 11.4 Å². The lowest BCUT2D eigenvalue weighted by molar-refractivity contribution is -0.140. The molecule has 1 aliphatic carbocycles. The predicted molar refractivity (Wildman–Crippen MR) is 82.4 cm³/mol. The standard InChI is InChI=1S/C15H15N3O3S/c1-15(2)10(11(15)13(20)21)12(19)18-14-17-9(7-22-14)8-5-3-4-6-16-8/h3-7,10-11H,1-2H3,(H,20,21)(H,17,18,19)/t10-,11+/m1/s1. The topological polar surface area (TPSA) is 92.2 Å². The van der Waals surface area contributed by atoms with Gasteiger partial charge in [0.15, 0.2) is 5.13 Å². The molecule has 0 aromatic carbocycles. The molecule has 0 spiro atoms. The van der Waals surface area contributed by atoms with Crippen LogP contribution in [0.3, 0.4) is 0 Å². The number of hydrogen-bond donors (Lipinski definition) is 2. The first-order valence-electron chi connectivity index (χ1n) is 6.82. The summed E-state index contributed by atoms with van der Waals surface area (Å²) in [4.78, 5) is 31.9. The molecule has 3 rings (SSSR count). The Balaban J connectivity index is 1.71. The second-order valence-electron chi connectivity index (χ2n) is 5.86. The zero-order valence-corrected chi connectivity index (χ0v) is 12.9. The molecule has 2 aromatic heterocycles. The number of carboxylic acid groups (broad SMARTS) is 1. The van der Waals surface area contributed by atoms with Crippen LogP contribution >= 0.6 is 11.3 Å². The largest absolute Gasteiger partial charge is 0.481 e. The van der Waals surface area contributed by atoms with E-state index in [0.717, 1.165) is 5.69 Å². The third-order valence-corrected chi connectivity index (χ3v) is 4.80. The number of aromatic nitrogens is 2. The molecule has 1 fully saturated rings. The molecule has 6 nitrogen and oxygen atoms in total. The predicted octanol–water partition coefficient (Wildman–Crippen LogP) is 2.50. The van der Waals surface area contributed by atoms with Gasteiger partial charge in [-0.15, -0.1) is 11.3 Å². The van der Waals surface area contributed by atoms with Gasteiger partial charge >= 0.3 is 5.97 Å². The number of pyridine rings is 1. The Bertz CT molecular complexity index is 727. The Labute approximate surface area is 131 Å². The van der Waals surface area contributed by atoms with Crippen LogP contribution in [0.25, 0.3) is 11.4 Å². The van der Waals surface area contributed by atoms with Gasteiger partial charge in [-0.2, -0.15) is 0 Å². The van der Waals surface area contributed by atoms with Gasteiger partial charge in [0.2, 0.25) is 5.91 Å². The monoisotopic (exact) mass is 317 g/mol. The molecule has 1 saturated carbocycles. The molecule has 0 saturated heterocycles. The summed E-state index contributed by atoms with van der Waals surface area (Å²) in [5.41, 5.74) is 0.900. The Morgan fingerprint density at radius 2 is 2.05 bits per heavy atom. The van der Waals surface area contributed by atoms with Gasteiger partial charge < -0.3 is 10.4 Å². The Morgan fingerprint density at radius 1 is 1.27 bits per heavy atom. The summed E-state index contributed by atoms with van der Waals surface area (Å²) in [6.45, 7) is 3.58. The summed E-state index contributed by atoms with van der Waals surface area (Å²) in [5, 5.41) is 14.1. The molecule has 114 valence electrons. The van der Waals surface area contributed by atoms with Crippen molar-refractivity contribution >= 4 is 28.3 Å². The van der Waals surface area contributed by atoms with E-state index in [4.69, 9.17) is 5.11 Å². The fourth-order valence-corrected chi connectivity index (χ4v) is 3.44. The zero-order valence-electron chi connectivity index (χ0n) is 12.1. The van der Waals surface area contributed by atoms with Crippen LogP contribution in [-0.4, -0.2) is 27.0 Å². The summed E-state index contributed by atoms with van der Waals surface area (Å²) in [6.07, 6.45) is 1.68. The lowest BCUT2D eigenvalue weighted by Crippen LogP contribution is -2.17. The first-order valence-corrected chi connectivity index (χ1v) is 7.70. The average Bonchev–Trinajstić information content (AvgIpc) is 2.82. The SMILES string of the molecule is CC1(C)[C@H](C(=O)O)[C@@H]1C(=O)Nc1nc(-c2ccccn2)cs1. The van der Waals surface area contributed by atoms with Crippen molar-refractivity contribution in [1.82, 2.24) is 9.97 Å². The minimum atomic E-state index is -0.932. The van der Waals surface area contributed by atoms with Crippen LogP contribution in [0.1, 0.15) is 13.8 Å². The van der Waals surface area contributed by atoms with Crippen LogP contribution < -0.4 is 5.32 Å². The van der Waals surface area contributed by atoms with Crippen LogP contribution in [0.4, 0.5) is 5.13 Å². The first kappa shape index (κ1) is 14.6. The molecule has 0 aliphatic heterocycles. The number of aliphatic carboxylic acids is 1. The number of carboxylic acids is 1. The highest BCUT2D eigenvalue weighted by Gasteiger charge is 2.65. The summed E-state index contributed by atoms with van der Waals surface area (Å²) in [7, 11) is 0. The number of hydrogen-bond acceptors (Lipinski definition) is 5. The van der Waals surface area contributed by atoms with Gasteiger partial charge in [0, 0.05) is 11.6 Å². The van der Waals surface area contributed by atoms with Crippen molar-refractivity contribution in [3.63, 3.8) is 0 Å². The quantitative estimate of drug-likeness (QED) is 0.904. The van der Waals surface area contributed by atoms with Gasteiger partial charge in [0.1, 0.15) is 5.69 Å². The normalized spacial score (nSPS) is 22.1. The number of nitrogens with one attached hydrogen (secondary N) is 1. The number of carbonyl (C=O) groups is 2. The molecule has 0 radical (unpaired) electrons. The first-order chi connectivity index (χ1) is 10.4. The zero-order chi connectivity index (χ0) is 15.9. The minimum absolute atomic E-state index is 0.292. The van der Waals surface area contributed by atoms with Crippen LogP contribution in [0.15, 0.2) is 29.8 Å².